The van der Waals surface area contributed by atoms with E-state index in [1.54, 1.807) is 6.07 Å². The van der Waals surface area contributed by atoms with E-state index in [0.29, 0.717) is 15.9 Å². The average molecular weight is 447 g/mol. The first-order valence-electron chi connectivity index (χ1n) is 9.01. The molecule has 144 valence electrons. The van der Waals surface area contributed by atoms with E-state index in [2.05, 4.69) is 31.4 Å². The fraction of sp³-hybridized carbons (Fsp3) is 0.250. The summed E-state index contributed by atoms with van der Waals surface area (Å²) in [4.78, 5) is 12.4. The number of fused-ring (bicyclic) bond motifs is 1. The van der Waals surface area contributed by atoms with Crippen LogP contribution in [0.5, 0.6) is 0 Å². The van der Waals surface area contributed by atoms with E-state index in [9.17, 15) is 13.6 Å². The van der Waals surface area contributed by atoms with Crippen LogP contribution in [0.3, 0.4) is 0 Å². The van der Waals surface area contributed by atoms with Crippen molar-refractivity contribution in [1.29, 1.82) is 0 Å². The fourth-order valence-electron chi connectivity index (χ4n) is 3.32. The lowest BCUT2D eigenvalue weighted by molar-refractivity contribution is 0.102. The summed E-state index contributed by atoms with van der Waals surface area (Å²) < 4.78 is 30.9. The predicted octanol–water partition coefficient (Wildman–Crippen LogP) is 4.96. The summed E-state index contributed by atoms with van der Waals surface area (Å²) in [5, 5.41) is 11.0. The van der Waals surface area contributed by atoms with E-state index < -0.39 is 17.5 Å². The number of nitrogens with one attached hydrogen (secondary N) is 1. The minimum absolute atomic E-state index is 0.0344. The molecule has 1 aliphatic heterocycles. The molecule has 0 unspecified atom stereocenters. The minimum Gasteiger partial charge on any atom is -0.319 e. The van der Waals surface area contributed by atoms with Crippen molar-refractivity contribution in [3.05, 3.63) is 63.9 Å². The molecule has 0 saturated carbocycles. The largest absolute Gasteiger partial charge is 0.319 e. The van der Waals surface area contributed by atoms with Gasteiger partial charge in [0.15, 0.2) is 5.82 Å². The van der Waals surface area contributed by atoms with Gasteiger partial charge in [-0.1, -0.05) is 22.4 Å². The third-order valence-corrected chi connectivity index (χ3v) is 5.25. The van der Waals surface area contributed by atoms with Gasteiger partial charge in [0.25, 0.3) is 5.91 Å². The number of rotatable bonds is 3. The molecule has 1 N–H and O–H groups in total. The number of carbonyl (C=O) groups excluding carboxylic acids is 1. The highest BCUT2D eigenvalue weighted by atomic mass is 79.9. The summed E-state index contributed by atoms with van der Waals surface area (Å²) in [6.07, 6.45) is 4.09. The maximum atomic E-state index is 14.3. The molecule has 2 heterocycles. The third kappa shape index (κ3) is 3.69. The number of aromatic nitrogens is 3. The highest BCUT2D eigenvalue weighted by Gasteiger charge is 2.19. The molecule has 0 bridgehead atoms. The highest BCUT2D eigenvalue weighted by Crippen LogP contribution is 2.27. The normalized spacial score (nSPS) is 13.7. The topological polar surface area (TPSA) is 59.8 Å². The van der Waals surface area contributed by atoms with Gasteiger partial charge in [-0.25, -0.2) is 8.78 Å². The van der Waals surface area contributed by atoms with Crippen molar-refractivity contribution < 1.29 is 13.6 Å². The summed E-state index contributed by atoms with van der Waals surface area (Å²) in [6, 6.07) is 8.39. The molecular weight excluding hydrogens is 430 g/mol. The Balaban J connectivity index is 1.66. The summed E-state index contributed by atoms with van der Waals surface area (Å²) in [5.41, 5.74) is 0.440. The summed E-state index contributed by atoms with van der Waals surface area (Å²) in [5.74, 6) is -0.460. The average Bonchev–Trinajstić information content (AvgIpc) is 2.93. The van der Waals surface area contributed by atoms with E-state index >= 15 is 0 Å². The molecule has 28 heavy (non-hydrogen) atoms. The first-order chi connectivity index (χ1) is 13.5. The van der Waals surface area contributed by atoms with Gasteiger partial charge in [-0.2, -0.15) is 0 Å². The molecule has 0 aliphatic carbocycles. The van der Waals surface area contributed by atoms with Gasteiger partial charge in [0.05, 0.1) is 11.3 Å². The van der Waals surface area contributed by atoms with Crippen LogP contribution in [0, 0.1) is 11.6 Å². The Morgan fingerprint density at radius 3 is 2.71 bits per heavy atom. The van der Waals surface area contributed by atoms with Crippen molar-refractivity contribution in [3.63, 3.8) is 0 Å². The molecule has 1 aromatic heterocycles. The van der Waals surface area contributed by atoms with E-state index in [0.717, 1.165) is 38.1 Å². The molecule has 0 atom stereocenters. The smallest absolute Gasteiger partial charge is 0.258 e. The number of hydrogen-bond donors (Lipinski definition) is 1. The van der Waals surface area contributed by atoms with Gasteiger partial charge in [0.1, 0.15) is 17.5 Å². The zero-order valence-electron chi connectivity index (χ0n) is 14.9. The van der Waals surface area contributed by atoms with Crippen LogP contribution >= 0.6 is 15.9 Å². The van der Waals surface area contributed by atoms with Crippen LogP contribution in [0.25, 0.3) is 11.4 Å². The van der Waals surface area contributed by atoms with Crippen LogP contribution in [-0.2, 0) is 13.0 Å². The number of halogens is 3. The van der Waals surface area contributed by atoms with E-state index in [1.165, 1.54) is 30.3 Å². The van der Waals surface area contributed by atoms with E-state index in [4.69, 9.17) is 0 Å². The Hall–Kier alpha value is -2.61. The standard InChI is InChI=1S/C20H17BrF2N4O/c21-13-6-8-15(22)14(11-13)20(28)24-17-10-12(5-7-16(17)23)19-26-25-18-4-2-1-3-9-27(18)19/h5-8,10-11H,1-4,9H2,(H,24,28). The monoisotopic (exact) mass is 446 g/mol. The molecule has 4 rings (SSSR count). The lowest BCUT2D eigenvalue weighted by Crippen LogP contribution is -2.15. The SMILES string of the molecule is O=C(Nc1cc(-c2nnc3n2CCCCC3)ccc1F)c1cc(Br)ccc1F. The molecule has 1 aliphatic rings. The third-order valence-electron chi connectivity index (χ3n) is 4.76. The van der Waals surface area contributed by atoms with Crippen LogP contribution in [0.4, 0.5) is 14.5 Å². The Kier molecular flexibility index (Phi) is 5.21. The Labute approximate surface area is 168 Å². The number of carbonyl (C=O) groups is 1. The van der Waals surface area contributed by atoms with Crippen molar-refractivity contribution in [3.8, 4) is 11.4 Å². The number of hydrogen-bond acceptors (Lipinski definition) is 3. The first-order valence-corrected chi connectivity index (χ1v) is 9.80. The van der Waals surface area contributed by atoms with Crippen LogP contribution in [0.1, 0.15) is 35.4 Å². The summed E-state index contributed by atoms with van der Waals surface area (Å²) in [6.45, 7) is 0.806. The van der Waals surface area contributed by atoms with Gasteiger partial charge in [-0.05, 0) is 49.2 Å². The molecular formula is C20H17BrF2N4O. The molecule has 2 aromatic carbocycles. The van der Waals surface area contributed by atoms with Gasteiger partial charge in [-0.15, -0.1) is 10.2 Å². The molecule has 3 aromatic rings. The van der Waals surface area contributed by atoms with Crippen LogP contribution in [0.15, 0.2) is 40.9 Å². The lowest BCUT2D eigenvalue weighted by Gasteiger charge is -2.11. The predicted molar refractivity (Wildman–Crippen MR) is 105 cm³/mol. The van der Waals surface area contributed by atoms with Gasteiger partial charge >= 0.3 is 0 Å². The van der Waals surface area contributed by atoms with Crippen molar-refractivity contribution >= 4 is 27.5 Å². The number of benzene rings is 2. The van der Waals surface area contributed by atoms with Gasteiger partial charge in [0, 0.05) is 23.0 Å². The Morgan fingerprint density at radius 1 is 1.04 bits per heavy atom. The molecule has 0 fully saturated rings. The second kappa shape index (κ2) is 7.79. The second-order valence-electron chi connectivity index (χ2n) is 6.68. The van der Waals surface area contributed by atoms with E-state index in [1.807, 2.05) is 4.57 Å². The van der Waals surface area contributed by atoms with Gasteiger partial charge in [-0.3, -0.25) is 4.79 Å². The fourth-order valence-corrected chi connectivity index (χ4v) is 3.68. The quantitative estimate of drug-likeness (QED) is 0.617. The second-order valence-corrected chi connectivity index (χ2v) is 7.59. The van der Waals surface area contributed by atoms with Gasteiger partial charge < -0.3 is 9.88 Å². The van der Waals surface area contributed by atoms with Crippen LogP contribution < -0.4 is 5.32 Å². The molecule has 5 nitrogen and oxygen atoms in total. The first kappa shape index (κ1) is 18.7. The number of anilines is 1. The van der Waals surface area contributed by atoms with E-state index in [-0.39, 0.29) is 11.3 Å². The van der Waals surface area contributed by atoms with Gasteiger partial charge in [0.2, 0.25) is 0 Å². The highest BCUT2D eigenvalue weighted by molar-refractivity contribution is 9.10. The lowest BCUT2D eigenvalue weighted by atomic mass is 10.1. The number of nitrogens with zero attached hydrogens (tertiary/aromatic N) is 3. The summed E-state index contributed by atoms with van der Waals surface area (Å²) in [7, 11) is 0. The van der Waals surface area contributed by atoms with Crippen LogP contribution in [0.2, 0.25) is 0 Å². The zero-order valence-corrected chi connectivity index (χ0v) is 16.5. The Bertz CT molecular complexity index is 1050. The molecule has 0 saturated heterocycles. The molecule has 1 amide bonds. The molecule has 8 heteroatoms. The van der Waals surface area contributed by atoms with Crippen molar-refractivity contribution in [2.45, 2.75) is 32.2 Å². The maximum Gasteiger partial charge on any atom is 0.258 e. The number of amides is 1. The number of aryl methyl sites for hydroxylation is 1. The van der Waals surface area contributed by atoms with Crippen LogP contribution in [-0.4, -0.2) is 20.7 Å². The molecule has 0 spiro atoms. The minimum atomic E-state index is -0.727. The Morgan fingerprint density at radius 2 is 1.86 bits per heavy atom. The maximum absolute atomic E-state index is 14.3. The zero-order chi connectivity index (χ0) is 19.7. The summed E-state index contributed by atoms with van der Waals surface area (Å²) >= 11 is 3.20. The van der Waals surface area contributed by atoms with Crippen molar-refractivity contribution in [2.24, 2.45) is 0 Å². The van der Waals surface area contributed by atoms with Crippen molar-refractivity contribution in [2.75, 3.05) is 5.32 Å². The van der Waals surface area contributed by atoms with Crippen molar-refractivity contribution in [1.82, 2.24) is 14.8 Å². The molecule has 0 radical (unpaired) electrons.